The van der Waals surface area contributed by atoms with Gasteiger partial charge in [-0.05, 0) is 19.1 Å². The largest absolute Gasteiger partial charge is 0.444 e. The Kier molecular flexibility index (Phi) is 2.33. The topological polar surface area (TPSA) is 56.0 Å². The quantitative estimate of drug-likeness (QED) is 0.701. The number of ketones is 1. The highest BCUT2D eigenvalue weighted by atomic mass is 16.3. The van der Waals surface area contributed by atoms with Crippen molar-refractivity contribution in [3.63, 3.8) is 0 Å². The molecule has 0 aromatic carbocycles. The van der Waals surface area contributed by atoms with Gasteiger partial charge in [-0.2, -0.15) is 0 Å². The van der Waals surface area contributed by atoms with Crippen molar-refractivity contribution >= 4 is 5.78 Å². The van der Waals surface area contributed by atoms with Crippen LogP contribution in [0.25, 0.3) is 11.5 Å². The lowest BCUT2D eigenvalue weighted by atomic mass is 10.2. The molecule has 0 bridgehead atoms. The number of Topliss-reactive ketones (excluding diaryl/α,β-unsaturated/α-hetero) is 1. The molecule has 0 unspecified atom stereocenters. The zero-order chi connectivity index (χ0) is 10.8. The number of hydrogen-bond donors (Lipinski definition) is 0. The van der Waals surface area contributed by atoms with E-state index in [-0.39, 0.29) is 5.78 Å². The molecule has 2 rings (SSSR count). The molecule has 15 heavy (non-hydrogen) atoms. The summed E-state index contributed by atoms with van der Waals surface area (Å²) in [5.74, 6) is 0.349. The van der Waals surface area contributed by atoms with Gasteiger partial charge in [0.05, 0.1) is 0 Å². The first-order chi connectivity index (χ1) is 7.16. The van der Waals surface area contributed by atoms with E-state index in [1.54, 1.807) is 12.3 Å². The minimum atomic E-state index is -0.101. The maximum Gasteiger partial charge on any atom is 0.226 e. The van der Waals surface area contributed by atoms with Gasteiger partial charge in [0, 0.05) is 24.4 Å². The fourth-order valence-electron chi connectivity index (χ4n) is 1.25. The lowest BCUT2D eigenvalue weighted by Gasteiger charge is -1.95. The maximum atomic E-state index is 11.0. The zero-order valence-electron chi connectivity index (χ0n) is 8.52. The molecule has 4 nitrogen and oxygen atoms in total. The minimum absolute atomic E-state index is 0.101. The second kappa shape index (κ2) is 3.65. The zero-order valence-corrected chi connectivity index (χ0v) is 8.52. The Balaban J connectivity index is 2.41. The fraction of sp³-hybridized carbons (Fsp3) is 0.182. The van der Waals surface area contributed by atoms with Gasteiger partial charge >= 0.3 is 0 Å². The molecule has 0 N–H and O–H groups in total. The second-order valence-electron chi connectivity index (χ2n) is 3.28. The molecule has 2 aromatic rings. The number of carbonyl (C=O) groups is 1. The third-order valence-corrected chi connectivity index (χ3v) is 2.01. The fourth-order valence-corrected chi connectivity index (χ4v) is 1.25. The number of aryl methyl sites for hydroxylation is 1. The van der Waals surface area contributed by atoms with Crippen molar-refractivity contribution in [2.24, 2.45) is 0 Å². The van der Waals surface area contributed by atoms with E-state index in [0.717, 1.165) is 11.3 Å². The van der Waals surface area contributed by atoms with E-state index in [2.05, 4.69) is 9.97 Å². The summed E-state index contributed by atoms with van der Waals surface area (Å²) >= 11 is 0. The van der Waals surface area contributed by atoms with Gasteiger partial charge in [0.15, 0.2) is 5.78 Å². The molecule has 2 heterocycles. The van der Waals surface area contributed by atoms with E-state index in [4.69, 9.17) is 4.42 Å². The van der Waals surface area contributed by atoms with Gasteiger partial charge in [-0.1, -0.05) is 0 Å². The van der Waals surface area contributed by atoms with E-state index in [9.17, 15) is 4.79 Å². The van der Waals surface area contributed by atoms with E-state index in [1.165, 1.54) is 13.2 Å². The Morgan fingerprint density at radius 3 is 2.87 bits per heavy atom. The molecule has 0 aliphatic rings. The summed E-state index contributed by atoms with van der Waals surface area (Å²) in [4.78, 5) is 19.2. The van der Waals surface area contributed by atoms with Crippen LogP contribution in [0.2, 0.25) is 0 Å². The lowest BCUT2D eigenvalue weighted by molar-refractivity contribution is 0.101. The van der Waals surface area contributed by atoms with Crippen molar-refractivity contribution < 1.29 is 9.21 Å². The number of aromatic nitrogens is 2. The third-order valence-electron chi connectivity index (χ3n) is 2.01. The molecule has 0 spiro atoms. The van der Waals surface area contributed by atoms with E-state index < -0.39 is 0 Å². The van der Waals surface area contributed by atoms with Crippen LogP contribution in [0.15, 0.2) is 29.0 Å². The summed E-state index contributed by atoms with van der Waals surface area (Å²) in [6.07, 6.45) is 3.05. The highest BCUT2D eigenvalue weighted by molar-refractivity contribution is 5.92. The summed E-state index contributed by atoms with van der Waals surface area (Å²) in [6.45, 7) is 3.34. The molecule has 0 aliphatic heterocycles. The Morgan fingerprint density at radius 2 is 2.27 bits per heavy atom. The van der Waals surface area contributed by atoms with Gasteiger partial charge < -0.3 is 4.42 Å². The van der Waals surface area contributed by atoms with E-state index in [0.29, 0.717) is 11.6 Å². The average molecular weight is 202 g/mol. The van der Waals surface area contributed by atoms with Crippen LogP contribution in [0.1, 0.15) is 23.1 Å². The molecule has 76 valence electrons. The van der Waals surface area contributed by atoms with E-state index >= 15 is 0 Å². The van der Waals surface area contributed by atoms with Crippen molar-refractivity contribution in [3.05, 3.63) is 36.0 Å². The number of rotatable bonds is 2. The van der Waals surface area contributed by atoms with Crippen LogP contribution in [0.3, 0.4) is 0 Å². The molecular weight excluding hydrogens is 192 g/mol. The van der Waals surface area contributed by atoms with Crippen LogP contribution in [0.5, 0.6) is 0 Å². The normalized spacial score (nSPS) is 10.3. The van der Waals surface area contributed by atoms with Gasteiger partial charge in [0.25, 0.3) is 0 Å². The van der Waals surface area contributed by atoms with Crippen LogP contribution in [0.4, 0.5) is 0 Å². The number of nitrogens with zero attached hydrogens (tertiary/aromatic N) is 2. The predicted octanol–water partition coefficient (Wildman–Crippen LogP) is 2.25. The van der Waals surface area contributed by atoms with Crippen LogP contribution in [-0.2, 0) is 0 Å². The Bertz CT molecular complexity index is 503. The molecule has 4 heteroatoms. The molecule has 2 aromatic heterocycles. The van der Waals surface area contributed by atoms with Gasteiger partial charge in [-0.25, -0.2) is 4.98 Å². The standard InChI is InChI=1S/C11H10N2O2/c1-7-5-9(3-4-12-7)11-13-10(6-15-11)8(2)14/h3-6H,1-2H3. The molecule has 0 radical (unpaired) electrons. The third kappa shape index (κ3) is 1.93. The predicted molar refractivity (Wildman–Crippen MR) is 54.5 cm³/mol. The number of pyridine rings is 1. The van der Waals surface area contributed by atoms with Crippen LogP contribution < -0.4 is 0 Å². The average Bonchev–Trinajstić information content (AvgIpc) is 2.66. The van der Waals surface area contributed by atoms with Gasteiger partial charge in [0.2, 0.25) is 5.89 Å². The van der Waals surface area contributed by atoms with E-state index in [1.807, 2.05) is 13.0 Å². The molecule has 0 amide bonds. The monoisotopic (exact) mass is 202 g/mol. The molecule has 0 fully saturated rings. The molecule has 0 saturated carbocycles. The first kappa shape index (κ1) is 9.58. The van der Waals surface area contributed by atoms with Gasteiger partial charge in [-0.15, -0.1) is 0 Å². The summed E-state index contributed by atoms with van der Waals surface area (Å²) in [5.41, 5.74) is 2.06. The smallest absolute Gasteiger partial charge is 0.226 e. The number of oxazole rings is 1. The first-order valence-corrected chi connectivity index (χ1v) is 4.56. The highest BCUT2D eigenvalue weighted by Gasteiger charge is 2.09. The maximum absolute atomic E-state index is 11.0. The number of carbonyl (C=O) groups excluding carboxylic acids is 1. The SMILES string of the molecule is CC(=O)c1coc(-c2ccnc(C)c2)n1. The Morgan fingerprint density at radius 1 is 1.47 bits per heavy atom. The lowest BCUT2D eigenvalue weighted by Crippen LogP contribution is -1.91. The van der Waals surface area contributed by atoms with Crippen molar-refractivity contribution in [2.45, 2.75) is 13.8 Å². The first-order valence-electron chi connectivity index (χ1n) is 4.56. The minimum Gasteiger partial charge on any atom is -0.444 e. The van der Waals surface area contributed by atoms with Crippen molar-refractivity contribution in [3.8, 4) is 11.5 Å². The van der Waals surface area contributed by atoms with Crippen LogP contribution in [-0.4, -0.2) is 15.8 Å². The summed E-state index contributed by atoms with van der Waals surface area (Å²) in [5, 5.41) is 0. The Labute approximate surface area is 87.0 Å². The van der Waals surface area contributed by atoms with Crippen LogP contribution in [0, 0.1) is 6.92 Å². The molecular formula is C11H10N2O2. The molecule has 0 aliphatic carbocycles. The Hall–Kier alpha value is -1.97. The number of hydrogen-bond acceptors (Lipinski definition) is 4. The highest BCUT2D eigenvalue weighted by Crippen LogP contribution is 2.18. The van der Waals surface area contributed by atoms with Gasteiger partial charge in [-0.3, -0.25) is 9.78 Å². The van der Waals surface area contributed by atoms with Crippen LogP contribution >= 0.6 is 0 Å². The van der Waals surface area contributed by atoms with Gasteiger partial charge in [0.1, 0.15) is 12.0 Å². The van der Waals surface area contributed by atoms with Crippen molar-refractivity contribution in [2.75, 3.05) is 0 Å². The van der Waals surface area contributed by atoms with Crippen molar-refractivity contribution in [1.29, 1.82) is 0 Å². The summed E-state index contributed by atoms with van der Waals surface area (Å²) in [7, 11) is 0. The summed E-state index contributed by atoms with van der Waals surface area (Å²) < 4.78 is 5.21. The molecule has 0 saturated heterocycles. The summed E-state index contributed by atoms with van der Waals surface area (Å²) in [6, 6.07) is 3.65. The second-order valence-corrected chi connectivity index (χ2v) is 3.28. The van der Waals surface area contributed by atoms with Crippen molar-refractivity contribution in [1.82, 2.24) is 9.97 Å². The molecule has 0 atom stereocenters.